The van der Waals surface area contributed by atoms with Crippen LogP contribution < -0.4 is 0 Å². The Hall–Kier alpha value is -0.870. The minimum atomic E-state index is -0.365. The van der Waals surface area contributed by atoms with Crippen molar-refractivity contribution in [3.8, 4) is 0 Å². The second-order valence-electron chi connectivity index (χ2n) is 5.91. The molecule has 1 rings (SSSR count). The summed E-state index contributed by atoms with van der Waals surface area (Å²) in [5.41, 5.74) is 0.810. The van der Waals surface area contributed by atoms with Crippen molar-refractivity contribution in [3.63, 3.8) is 0 Å². The summed E-state index contributed by atoms with van der Waals surface area (Å²) >= 11 is 0. The van der Waals surface area contributed by atoms with Crippen molar-refractivity contribution in [2.75, 3.05) is 26.7 Å². The molecule has 0 aliphatic heterocycles. The molecule has 1 N–H and O–H groups in total. The average Bonchev–Trinajstić information content (AvgIpc) is 2.40. The standard InChI is InChI=1S/C15H28N2O2/c1-5-17(13-9-7-6-8-10-13)14(19)11-16(4)15(2,3)12-18/h9,18H,5-8,10-12H2,1-4H3. The first kappa shape index (κ1) is 16.2. The van der Waals surface area contributed by atoms with Crippen LogP contribution in [-0.2, 0) is 4.79 Å². The minimum absolute atomic E-state index is 0.0472. The number of carbonyl (C=O) groups is 1. The average molecular weight is 268 g/mol. The number of allylic oxidation sites excluding steroid dienone is 2. The van der Waals surface area contributed by atoms with Gasteiger partial charge in [-0.3, -0.25) is 9.69 Å². The topological polar surface area (TPSA) is 43.8 Å². The van der Waals surface area contributed by atoms with Gasteiger partial charge in [0, 0.05) is 17.8 Å². The number of aliphatic hydroxyl groups excluding tert-OH is 1. The number of likely N-dealkylation sites (N-methyl/N-ethyl adjacent to an activating group) is 2. The van der Waals surface area contributed by atoms with Gasteiger partial charge in [0.1, 0.15) is 0 Å². The lowest BCUT2D eigenvalue weighted by atomic mass is 10.0. The smallest absolute Gasteiger partial charge is 0.240 e. The third kappa shape index (κ3) is 4.32. The molecule has 0 fully saturated rings. The Bertz CT molecular complexity index is 337. The Morgan fingerprint density at radius 3 is 2.58 bits per heavy atom. The van der Waals surface area contributed by atoms with Gasteiger partial charge < -0.3 is 10.0 Å². The molecule has 0 saturated heterocycles. The molecule has 0 aromatic heterocycles. The molecule has 0 radical (unpaired) electrons. The van der Waals surface area contributed by atoms with Crippen molar-refractivity contribution in [2.45, 2.75) is 52.0 Å². The molecule has 1 aliphatic carbocycles. The molecule has 0 bridgehead atoms. The lowest BCUT2D eigenvalue weighted by Gasteiger charge is -2.35. The van der Waals surface area contributed by atoms with Crippen LogP contribution in [0.4, 0.5) is 0 Å². The molecule has 19 heavy (non-hydrogen) atoms. The largest absolute Gasteiger partial charge is 0.394 e. The van der Waals surface area contributed by atoms with Gasteiger partial charge in [-0.15, -0.1) is 0 Å². The summed E-state index contributed by atoms with van der Waals surface area (Å²) in [4.78, 5) is 16.2. The van der Waals surface area contributed by atoms with Crippen LogP contribution in [0.3, 0.4) is 0 Å². The normalized spacial score (nSPS) is 16.4. The zero-order valence-corrected chi connectivity index (χ0v) is 12.8. The van der Waals surface area contributed by atoms with Crippen LogP contribution in [0.5, 0.6) is 0 Å². The fraction of sp³-hybridized carbons (Fsp3) is 0.800. The van der Waals surface area contributed by atoms with Crippen LogP contribution in [0.1, 0.15) is 46.5 Å². The summed E-state index contributed by atoms with van der Waals surface area (Å²) < 4.78 is 0. The molecule has 0 unspecified atom stereocenters. The van der Waals surface area contributed by atoms with Crippen molar-refractivity contribution >= 4 is 5.91 Å². The fourth-order valence-corrected chi connectivity index (χ4v) is 2.23. The van der Waals surface area contributed by atoms with E-state index in [0.717, 1.165) is 19.4 Å². The predicted molar refractivity (Wildman–Crippen MR) is 77.7 cm³/mol. The van der Waals surface area contributed by atoms with E-state index in [1.807, 2.05) is 37.6 Å². The molecule has 0 saturated carbocycles. The molecule has 1 amide bonds. The number of rotatable bonds is 6. The quantitative estimate of drug-likeness (QED) is 0.801. The third-order valence-corrected chi connectivity index (χ3v) is 4.02. The van der Waals surface area contributed by atoms with Gasteiger partial charge in [0.05, 0.1) is 13.2 Å². The van der Waals surface area contributed by atoms with Crippen LogP contribution in [-0.4, -0.2) is 53.1 Å². The van der Waals surface area contributed by atoms with Crippen molar-refractivity contribution in [2.24, 2.45) is 0 Å². The van der Waals surface area contributed by atoms with Crippen molar-refractivity contribution in [1.82, 2.24) is 9.80 Å². The van der Waals surface area contributed by atoms with Crippen LogP contribution >= 0.6 is 0 Å². The van der Waals surface area contributed by atoms with E-state index in [1.54, 1.807) is 0 Å². The van der Waals surface area contributed by atoms with Gasteiger partial charge in [-0.1, -0.05) is 6.08 Å². The van der Waals surface area contributed by atoms with E-state index in [1.165, 1.54) is 18.5 Å². The highest BCUT2D eigenvalue weighted by Gasteiger charge is 2.26. The maximum atomic E-state index is 12.4. The number of aliphatic hydroxyl groups is 1. The number of hydrogen-bond donors (Lipinski definition) is 1. The summed E-state index contributed by atoms with van der Waals surface area (Å²) in [7, 11) is 1.89. The molecule has 0 heterocycles. The maximum absolute atomic E-state index is 12.4. The van der Waals surface area contributed by atoms with Crippen LogP contribution in [0.15, 0.2) is 11.8 Å². The van der Waals surface area contributed by atoms with Gasteiger partial charge in [0.25, 0.3) is 0 Å². The lowest BCUT2D eigenvalue weighted by molar-refractivity contribution is -0.131. The summed E-state index contributed by atoms with van der Waals surface area (Å²) in [6, 6.07) is 0. The summed E-state index contributed by atoms with van der Waals surface area (Å²) in [6.07, 6.45) is 6.69. The zero-order valence-electron chi connectivity index (χ0n) is 12.8. The Balaban J connectivity index is 2.66. The molecular formula is C15H28N2O2. The highest BCUT2D eigenvalue weighted by molar-refractivity contribution is 5.80. The Morgan fingerprint density at radius 1 is 1.42 bits per heavy atom. The Labute approximate surface area is 117 Å². The Kier molecular flexibility index (Phi) is 6.01. The highest BCUT2D eigenvalue weighted by atomic mass is 16.3. The van der Waals surface area contributed by atoms with E-state index in [2.05, 4.69) is 6.08 Å². The van der Waals surface area contributed by atoms with E-state index in [4.69, 9.17) is 0 Å². The number of carbonyl (C=O) groups excluding carboxylic acids is 1. The molecule has 4 heteroatoms. The molecule has 0 aromatic carbocycles. The minimum Gasteiger partial charge on any atom is -0.394 e. The lowest BCUT2D eigenvalue weighted by Crippen LogP contribution is -2.49. The van der Waals surface area contributed by atoms with E-state index >= 15 is 0 Å². The van der Waals surface area contributed by atoms with E-state index in [9.17, 15) is 9.90 Å². The van der Waals surface area contributed by atoms with E-state index in [0.29, 0.717) is 6.54 Å². The molecule has 4 nitrogen and oxygen atoms in total. The zero-order chi connectivity index (χ0) is 14.5. The Morgan fingerprint density at radius 2 is 2.11 bits per heavy atom. The van der Waals surface area contributed by atoms with Crippen LogP contribution in [0, 0.1) is 0 Å². The van der Waals surface area contributed by atoms with Crippen molar-refractivity contribution in [3.05, 3.63) is 11.8 Å². The fourth-order valence-electron chi connectivity index (χ4n) is 2.23. The number of nitrogens with zero attached hydrogens (tertiary/aromatic N) is 2. The highest BCUT2D eigenvalue weighted by Crippen LogP contribution is 2.21. The first-order valence-electron chi connectivity index (χ1n) is 7.24. The second kappa shape index (κ2) is 7.06. The molecule has 110 valence electrons. The van der Waals surface area contributed by atoms with Crippen molar-refractivity contribution in [1.29, 1.82) is 0 Å². The maximum Gasteiger partial charge on any atom is 0.240 e. The van der Waals surface area contributed by atoms with E-state index in [-0.39, 0.29) is 18.1 Å². The van der Waals surface area contributed by atoms with Gasteiger partial charge in [0.15, 0.2) is 0 Å². The molecule has 0 aromatic rings. The molecule has 0 spiro atoms. The van der Waals surface area contributed by atoms with Gasteiger partial charge in [0.2, 0.25) is 5.91 Å². The first-order valence-corrected chi connectivity index (χ1v) is 7.24. The van der Waals surface area contributed by atoms with E-state index < -0.39 is 0 Å². The van der Waals surface area contributed by atoms with Crippen LogP contribution in [0.25, 0.3) is 0 Å². The van der Waals surface area contributed by atoms with Gasteiger partial charge in [-0.05, 0) is 53.5 Å². The van der Waals surface area contributed by atoms with Gasteiger partial charge in [-0.2, -0.15) is 0 Å². The number of hydrogen-bond acceptors (Lipinski definition) is 3. The molecule has 0 atom stereocenters. The SMILES string of the molecule is CCN(C(=O)CN(C)C(C)(C)CO)C1=CCCCC1. The van der Waals surface area contributed by atoms with Gasteiger partial charge >= 0.3 is 0 Å². The van der Waals surface area contributed by atoms with Crippen molar-refractivity contribution < 1.29 is 9.90 Å². The molecule has 1 aliphatic rings. The summed E-state index contributed by atoms with van der Waals surface area (Å²) in [5, 5.41) is 9.34. The summed E-state index contributed by atoms with van der Waals surface area (Å²) in [5.74, 6) is 0.125. The number of amides is 1. The predicted octanol–water partition coefficient (Wildman–Crippen LogP) is 2.00. The second-order valence-corrected chi connectivity index (χ2v) is 5.91. The molecular weight excluding hydrogens is 240 g/mol. The van der Waals surface area contributed by atoms with Gasteiger partial charge in [-0.25, -0.2) is 0 Å². The summed E-state index contributed by atoms with van der Waals surface area (Å²) in [6.45, 7) is 7.01. The first-order chi connectivity index (χ1) is 8.92. The third-order valence-electron chi connectivity index (χ3n) is 4.02. The monoisotopic (exact) mass is 268 g/mol. The van der Waals surface area contributed by atoms with Crippen LogP contribution in [0.2, 0.25) is 0 Å².